The van der Waals surface area contributed by atoms with E-state index in [1.807, 2.05) is 29.2 Å². The molecule has 0 saturated carbocycles. The topological polar surface area (TPSA) is 90.9 Å². The van der Waals surface area contributed by atoms with Crippen LogP contribution in [-0.4, -0.2) is 58.1 Å². The molecule has 0 fully saturated rings. The summed E-state index contributed by atoms with van der Waals surface area (Å²) in [7, 11) is -1.51. The lowest BCUT2D eigenvalue weighted by Gasteiger charge is -2.29. The minimum absolute atomic E-state index is 0.0452. The third-order valence-electron chi connectivity index (χ3n) is 5.17. The summed E-state index contributed by atoms with van der Waals surface area (Å²) in [5.74, 6) is 0.609. The number of nitrogens with one attached hydrogen (secondary N) is 2. The summed E-state index contributed by atoms with van der Waals surface area (Å²) in [5, 5.41) is 6.26. The quantitative estimate of drug-likeness (QED) is 0.536. The minimum Gasteiger partial charge on any atom is -0.356 e. The van der Waals surface area contributed by atoms with E-state index in [0.29, 0.717) is 30.4 Å². The fraction of sp³-hybridized carbons (Fsp3) is 0.364. The zero-order chi connectivity index (χ0) is 21.6. The molecule has 160 valence electrons. The predicted octanol–water partition coefficient (Wildman–Crippen LogP) is 1.38. The number of hydrogen-bond acceptors (Lipinski definition) is 4. The smallest absolute Gasteiger partial charge is 0.242 e. The molecule has 30 heavy (non-hydrogen) atoms. The van der Waals surface area contributed by atoms with Gasteiger partial charge >= 0.3 is 0 Å². The molecule has 0 saturated heterocycles. The van der Waals surface area contributed by atoms with Gasteiger partial charge in [-0.15, -0.1) is 0 Å². The first-order chi connectivity index (χ1) is 14.4. The molecule has 1 aliphatic heterocycles. The number of guanidine groups is 1. The van der Waals surface area contributed by atoms with E-state index >= 15 is 0 Å². The van der Waals surface area contributed by atoms with Gasteiger partial charge in [-0.25, -0.2) is 8.42 Å². The molecule has 2 aromatic rings. The van der Waals surface area contributed by atoms with Gasteiger partial charge in [0.2, 0.25) is 5.91 Å². The first-order valence-electron chi connectivity index (χ1n) is 9.95. The number of rotatable bonds is 6. The summed E-state index contributed by atoms with van der Waals surface area (Å²) in [6, 6.07) is 15.1. The monoisotopic (exact) mass is 428 g/mol. The van der Waals surface area contributed by atoms with E-state index < -0.39 is 9.84 Å². The highest BCUT2D eigenvalue weighted by molar-refractivity contribution is 7.90. The molecule has 8 heteroatoms. The number of fused-ring (bicyclic) bond motifs is 1. The summed E-state index contributed by atoms with van der Waals surface area (Å²) in [6.45, 7) is 2.17. The fourth-order valence-corrected chi connectivity index (χ4v) is 4.06. The van der Waals surface area contributed by atoms with Crippen LogP contribution in [0.2, 0.25) is 0 Å². The van der Waals surface area contributed by atoms with Crippen LogP contribution in [0.3, 0.4) is 0 Å². The molecule has 3 rings (SSSR count). The van der Waals surface area contributed by atoms with Crippen molar-refractivity contribution in [3.8, 4) is 0 Å². The number of aliphatic imine (C=N–C) groups is 1. The number of nitrogens with zero attached hydrogens (tertiary/aromatic N) is 2. The van der Waals surface area contributed by atoms with Crippen molar-refractivity contribution in [2.75, 3.05) is 32.9 Å². The number of sulfone groups is 1. The van der Waals surface area contributed by atoms with Gasteiger partial charge in [0.1, 0.15) is 0 Å². The molecule has 0 bridgehead atoms. The van der Waals surface area contributed by atoms with Crippen LogP contribution >= 0.6 is 0 Å². The average Bonchev–Trinajstić information content (AvgIpc) is 2.75. The van der Waals surface area contributed by atoms with E-state index in [4.69, 9.17) is 0 Å². The lowest BCUT2D eigenvalue weighted by atomic mass is 10.00. The second-order valence-electron chi connectivity index (χ2n) is 7.35. The standard InChI is InChI=1S/C22H28N4O3S/c1-23-22(24-13-11-17-7-9-20(10-8-17)30(2,28)29)25-15-21(27)26-14-12-18-5-3-4-6-19(18)16-26/h3-10H,11-16H2,1-2H3,(H2,23,24,25). The van der Waals surface area contributed by atoms with Crippen molar-refractivity contribution < 1.29 is 13.2 Å². The highest BCUT2D eigenvalue weighted by Crippen LogP contribution is 2.18. The molecule has 2 N–H and O–H groups in total. The summed E-state index contributed by atoms with van der Waals surface area (Å²) in [4.78, 5) is 18.9. The molecule has 7 nitrogen and oxygen atoms in total. The van der Waals surface area contributed by atoms with E-state index in [9.17, 15) is 13.2 Å². The summed E-state index contributed by atoms with van der Waals surface area (Å²) < 4.78 is 23.0. The molecule has 2 aromatic carbocycles. The molecule has 1 aliphatic rings. The Balaban J connectivity index is 1.43. The van der Waals surface area contributed by atoms with Crippen LogP contribution in [0.4, 0.5) is 0 Å². The molecule has 1 amide bonds. The molecule has 0 atom stereocenters. The van der Waals surface area contributed by atoms with Crippen molar-refractivity contribution in [2.45, 2.75) is 24.3 Å². The van der Waals surface area contributed by atoms with Gasteiger partial charge in [0, 0.05) is 32.9 Å². The predicted molar refractivity (Wildman–Crippen MR) is 118 cm³/mol. The Hall–Kier alpha value is -2.87. The lowest BCUT2D eigenvalue weighted by molar-refractivity contribution is -0.130. The van der Waals surface area contributed by atoms with Crippen molar-refractivity contribution in [3.63, 3.8) is 0 Å². The lowest BCUT2D eigenvalue weighted by Crippen LogP contribution is -2.46. The van der Waals surface area contributed by atoms with Crippen molar-refractivity contribution in [1.82, 2.24) is 15.5 Å². The van der Waals surface area contributed by atoms with Gasteiger partial charge in [0.15, 0.2) is 15.8 Å². The van der Waals surface area contributed by atoms with E-state index in [1.165, 1.54) is 17.4 Å². The Bertz CT molecular complexity index is 1020. The first-order valence-corrected chi connectivity index (χ1v) is 11.8. The van der Waals surface area contributed by atoms with Crippen LogP contribution in [0, 0.1) is 0 Å². The second kappa shape index (κ2) is 9.75. The van der Waals surface area contributed by atoms with Gasteiger partial charge in [-0.05, 0) is 41.7 Å². The van der Waals surface area contributed by atoms with Crippen LogP contribution in [0.25, 0.3) is 0 Å². The molecule has 1 heterocycles. The molecule has 0 spiro atoms. The first kappa shape index (κ1) is 21.8. The van der Waals surface area contributed by atoms with Gasteiger partial charge in [0.05, 0.1) is 11.4 Å². The van der Waals surface area contributed by atoms with Crippen molar-refractivity contribution in [3.05, 3.63) is 65.2 Å². The Kier molecular flexibility index (Phi) is 7.10. The van der Waals surface area contributed by atoms with Crippen molar-refractivity contribution in [1.29, 1.82) is 0 Å². The molecular formula is C22H28N4O3S. The molecule has 0 aromatic heterocycles. The van der Waals surface area contributed by atoms with Gasteiger partial charge in [0.25, 0.3) is 0 Å². The Morgan fingerprint density at radius 2 is 1.77 bits per heavy atom. The number of carbonyl (C=O) groups excluding carboxylic acids is 1. The maximum absolute atomic E-state index is 12.6. The minimum atomic E-state index is -3.18. The van der Waals surface area contributed by atoms with Crippen molar-refractivity contribution in [2.24, 2.45) is 4.99 Å². The SMILES string of the molecule is CN=C(NCCc1ccc(S(C)(=O)=O)cc1)NCC(=O)N1CCc2ccccc2C1. The number of amides is 1. The Morgan fingerprint density at radius 1 is 1.07 bits per heavy atom. The average molecular weight is 429 g/mol. The van der Waals surface area contributed by atoms with Gasteiger partial charge in [-0.1, -0.05) is 36.4 Å². The molecule has 0 unspecified atom stereocenters. The zero-order valence-corrected chi connectivity index (χ0v) is 18.2. The van der Waals surface area contributed by atoms with E-state index in [0.717, 1.165) is 18.5 Å². The van der Waals surface area contributed by atoms with Gasteiger partial charge < -0.3 is 15.5 Å². The van der Waals surface area contributed by atoms with E-state index in [-0.39, 0.29) is 12.5 Å². The van der Waals surface area contributed by atoms with Crippen molar-refractivity contribution >= 4 is 21.7 Å². The van der Waals surface area contributed by atoms with Gasteiger partial charge in [-0.3, -0.25) is 9.79 Å². The summed E-state index contributed by atoms with van der Waals surface area (Å²) in [5.41, 5.74) is 3.55. The highest BCUT2D eigenvalue weighted by atomic mass is 32.2. The van der Waals surface area contributed by atoms with E-state index in [2.05, 4.69) is 27.8 Å². The normalized spacial score (nSPS) is 14.2. The maximum Gasteiger partial charge on any atom is 0.242 e. The fourth-order valence-electron chi connectivity index (χ4n) is 3.43. The van der Waals surface area contributed by atoms with Crippen LogP contribution in [0.15, 0.2) is 58.4 Å². The van der Waals surface area contributed by atoms with E-state index in [1.54, 1.807) is 19.2 Å². The highest BCUT2D eigenvalue weighted by Gasteiger charge is 2.20. The largest absolute Gasteiger partial charge is 0.356 e. The third-order valence-corrected chi connectivity index (χ3v) is 6.30. The number of hydrogen-bond donors (Lipinski definition) is 2. The molecular weight excluding hydrogens is 400 g/mol. The van der Waals surface area contributed by atoms with Crippen LogP contribution in [0.1, 0.15) is 16.7 Å². The third kappa shape index (κ3) is 5.82. The number of benzene rings is 2. The molecule has 0 radical (unpaired) electrons. The van der Waals surface area contributed by atoms with Crippen LogP contribution in [-0.2, 0) is 34.0 Å². The van der Waals surface area contributed by atoms with Gasteiger partial charge in [-0.2, -0.15) is 0 Å². The second-order valence-corrected chi connectivity index (χ2v) is 9.37. The van der Waals surface area contributed by atoms with Crippen LogP contribution < -0.4 is 10.6 Å². The Morgan fingerprint density at radius 3 is 2.43 bits per heavy atom. The van der Waals surface area contributed by atoms with Crippen LogP contribution in [0.5, 0.6) is 0 Å². The number of carbonyl (C=O) groups is 1. The zero-order valence-electron chi connectivity index (χ0n) is 17.4. The summed E-state index contributed by atoms with van der Waals surface area (Å²) in [6.07, 6.45) is 2.79. The Labute approximate surface area is 178 Å². The molecule has 0 aliphatic carbocycles. The summed E-state index contributed by atoms with van der Waals surface area (Å²) >= 11 is 0. The maximum atomic E-state index is 12.6.